The van der Waals surface area contributed by atoms with Crippen LogP contribution in [0.4, 0.5) is 0 Å². The molecular formula is C20H22N2O3S. The summed E-state index contributed by atoms with van der Waals surface area (Å²) in [5.74, 6) is 1.72. The average Bonchev–Trinajstić information content (AvgIpc) is 3.18. The van der Waals surface area contributed by atoms with Gasteiger partial charge in [0, 0.05) is 10.9 Å². The monoisotopic (exact) mass is 370 g/mol. The molecule has 3 rings (SSSR count). The van der Waals surface area contributed by atoms with Crippen molar-refractivity contribution in [2.24, 2.45) is 0 Å². The molecule has 26 heavy (non-hydrogen) atoms. The van der Waals surface area contributed by atoms with Crippen LogP contribution in [0.3, 0.4) is 0 Å². The normalized spacial score (nSPS) is 13.8. The maximum Gasteiger partial charge on any atom is 0.203 e. The van der Waals surface area contributed by atoms with Gasteiger partial charge < -0.3 is 14.2 Å². The molecule has 2 aromatic rings. The number of allylic oxidation sites excluding steroid dienone is 2. The Hall–Kier alpha value is -2.52. The first-order valence-electron chi connectivity index (χ1n) is 8.60. The zero-order chi connectivity index (χ0) is 18.5. The van der Waals surface area contributed by atoms with Gasteiger partial charge in [0.05, 0.1) is 32.6 Å². The summed E-state index contributed by atoms with van der Waals surface area (Å²) in [6.07, 6.45) is 5.57. The van der Waals surface area contributed by atoms with E-state index in [0.29, 0.717) is 17.2 Å². The Morgan fingerprint density at radius 1 is 1.04 bits per heavy atom. The number of nitriles is 1. The lowest BCUT2D eigenvalue weighted by molar-refractivity contribution is 0.324. The van der Waals surface area contributed by atoms with Crippen LogP contribution in [-0.4, -0.2) is 26.3 Å². The fraction of sp³-hybridized carbons (Fsp3) is 0.400. The fourth-order valence-electron chi connectivity index (χ4n) is 3.26. The van der Waals surface area contributed by atoms with E-state index in [1.165, 1.54) is 23.3 Å². The highest BCUT2D eigenvalue weighted by atomic mass is 32.1. The van der Waals surface area contributed by atoms with Crippen molar-refractivity contribution in [1.29, 1.82) is 5.26 Å². The molecule has 0 bridgehead atoms. The minimum absolute atomic E-state index is 0.552. The molecule has 1 heterocycles. The molecule has 0 aliphatic heterocycles. The third kappa shape index (κ3) is 3.54. The molecule has 1 aliphatic rings. The maximum atomic E-state index is 9.65. The number of benzene rings is 1. The molecule has 0 unspecified atom stereocenters. The number of thiazole rings is 1. The minimum Gasteiger partial charge on any atom is -0.493 e. The molecule has 0 atom stereocenters. The highest BCUT2D eigenvalue weighted by Crippen LogP contribution is 2.42. The SMILES string of the molecule is COc1cc(-c2csc(C(C#N)=C3CCCCC3)n2)cc(OC)c1OC. The average molecular weight is 370 g/mol. The van der Waals surface area contributed by atoms with Gasteiger partial charge in [-0.05, 0) is 43.4 Å². The summed E-state index contributed by atoms with van der Waals surface area (Å²) in [4.78, 5) is 4.72. The molecule has 6 heteroatoms. The van der Waals surface area contributed by atoms with Gasteiger partial charge in [0.15, 0.2) is 11.5 Å². The van der Waals surface area contributed by atoms with E-state index in [9.17, 15) is 5.26 Å². The Morgan fingerprint density at radius 3 is 2.23 bits per heavy atom. The van der Waals surface area contributed by atoms with Crippen LogP contribution < -0.4 is 14.2 Å². The van der Waals surface area contributed by atoms with Gasteiger partial charge >= 0.3 is 0 Å². The standard InChI is InChI=1S/C20H22N2O3S/c1-23-17-9-14(10-18(24-2)19(17)25-3)16-12-26-20(22-16)15(11-21)13-7-5-4-6-8-13/h9-10,12H,4-8H2,1-3H3. The lowest BCUT2D eigenvalue weighted by Gasteiger charge is -2.14. The van der Waals surface area contributed by atoms with Gasteiger partial charge in [-0.3, -0.25) is 0 Å². The molecule has 1 aromatic heterocycles. The smallest absolute Gasteiger partial charge is 0.203 e. The first kappa shape index (κ1) is 18.3. The van der Waals surface area contributed by atoms with Crippen LogP contribution in [0, 0.1) is 11.3 Å². The van der Waals surface area contributed by atoms with Crippen molar-refractivity contribution >= 4 is 16.9 Å². The van der Waals surface area contributed by atoms with Gasteiger partial charge in [-0.15, -0.1) is 11.3 Å². The topological polar surface area (TPSA) is 64.4 Å². The second-order valence-electron chi connectivity index (χ2n) is 6.10. The van der Waals surface area contributed by atoms with Crippen molar-refractivity contribution in [3.05, 3.63) is 28.1 Å². The van der Waals surface area contributed by atoms with Gasteiger partial charge in [0.25, 0.3) is 0 Å². The third-order valence-electron chi connectivity index (χ3n) is 4.60. The molecule has 1 aromatic carbocycles. The van der Waals surface area contributed by atoms with Gasteiger partial charge in [0.1, 0.15) is 11.1 Å². The molecule has 136 valence electrons. The molecular weight excluding hydrogens is 348 g/mol. The van der Waals surface area contributed by atoms with E-state index in [1.54, 1.807) is 21.3 Å². The van der Waals surface area contributed by atoms with Crippen LogP contribution in [-0.2, 0) is 0 Å². The zero-order valence-electron chi connectivity index (χ0n) is 15.3. The van der Waals surface area contributed by atoms with E-state index in [-0.39, 0.29) is 0 Å². The minimum atomic E-state index is 0.552. The molecule has 1 saturated carbocycles. The van der Waals surface area contributed by atoms with Crippen molar-refractivity contribution < 1.29 is 14.2 Å². The molecule has 0 radical (unpaired) electrons. The fourth-order valence-corrected chi connectivity index (χ4v) is 4.13. The Balaban J connectivity index is 2.01. The predicted octanol–water partition coefficient (Wildman–Crippen LogP) is 5.08. The van der Waals surface area contributed by atoms with Crippen LogP contribution in [0.25, 0.3) is 16.8 Å². The summed E-state index contributed by atoms with van der Waals surface area (Å²) in [5, 5.41) is 12.4. The van der Waals surface area contributed by atoms with E-state index in [2.05, 4.69) is 6.07 Å². The lowest BCUT2D eigenvalue weighted by atomic mass is 9.91. The van der Waals surface area contributed by atoms with Crippen LogP contribution in [0.5, 0.6) is 17.2 Å². The van der Waals surface area contributed by atoms with Crippen molar-refractivity contribution in [2.45, 2.75) is 32.1 Å². The highest BCUT2D eigenvalue weighted by Gasteiger charge is 2.18. The van der Waals surface area contributed by atoms with Gasteiger partial charge in [0.2, 0.25) is 5.75 Å². The quantitative estimate of drug-likeness (QED) is 0.687. The maximum absolute atomic E-state index is 9.65. The van der Waals surface area contributed by atoms with E-state index in [0.717, 1.165) is 47.5 Å². The predicted molar refractivity (Wildman–Crippen MR) is 103 cm³/mol. The number of aromatic nitrogens is 1. The third-order valence-corrected chi connectivity index (χ3v) is 5.46. The summed E-state index contributed by atoms with van der Waals surface area (Å²) in [7, 11) is 4.76. The molecule has 0 amide bonds. The van der Waals surface area contributed by atoms with E-state index in [4.69, 9.17) is 19.2 Å². The van der Waals surface area contributed by atoms with Crippen LogP contribution >= 0.6 is 11.3 Å². The van der Waals surface area contributed by atoms with Crippen LogP contribution in [0.15, 0.2) is 23.1 Å². The van der Waals surface area contributed by atoms with E-state index < -0.39 is 0 Å². The molecule has 5 nitrogen and oxygen atoms in total. The van der Waals surface area contributed by atoms with Crippen molar-refractivity contribution in [3.63, 3.8) is 0 Å². The molecule has 1 fully saturated rings. The van der Waals surface area contributed by atoms with Crippen molar-refractivity contribution in [1.82, 2.24) is 4.98 Å². The number of hydrogen-bond acceptors (Lipinski definition) is 6. The van der Waals surface area contributed by atoms with Crippen molar-refractivity contribution in [2.75, 3.05) is 21.3 Å². The second-order valence-corrected chi connectivity index (χ2v) is 6.96. The molecule has 0 saturated heterocycles. The number of rotatable bonds is 5. The van der Waals surface area contributed by atoms with Crippen molar-refractivity contribution in [3.8, 4) is 34.6 Å². The lowest BCUT2D eigenvalue weighted by Crippen LogP contribution is -1.98. The van der Waals surface area contributed by atoms with Gasteiger partial charge in [-0.2, -0.15) is 5.26 Å². The van der Waals surface area contributed by atoms with Crippen LogP contribution in [0.1, 0.15) is 37.1 Å². The summed E-state index contributed by atoms with van der Waals surface area (Å²) in [6, 6.07) is 6.12. The number of hydrogen-bond donors (Lipinski definition) is 0. The Labute approximate surface area is 157 Å². The summed E-state index contributed by atoms with van der Waals surface area (Å²) >= 11 is 1.50. The number of nitrogens with zero attached hydrogens (tertiary/aromatic N) is 2. The molecule has 0 N–H and O–H groups in total. The summed E-state index contributed by atoms with van der Waals surface area (Å²) in [6.45, 7) is 0. The first-order valence-corrected chi connectivity index (χ1v) is 9.48. The largest absolute Gasteiger partial charge is 0.493 e. The zero-order valence-corrected chi connectivity index (χ0v) is 16.1. The first-order chi connectivity index (χ1) is 12.7. The molecule has 1 aliphatic carbocycles. The highest BCUT2D eigenvalue weighted by molar-refractivity contribution is 7.11. The van der Waals surface area contributed by atoms with E-state index in [1.807, 2.05) is 17.5 Å². The Morgan fingerprint density at radius 2 is 1.69 bits per heavy atom. The Bertz CT molecular complexity index is 831. The summed E-state index contributed by atoms with van der Waals surface area (Å²) < 4.78 is 16.2. The number of ether oxygens (including phenoxy) is 3. The summed E-state index contributed by atoms with van der Waals surface area (Å²) in [5.41, 5.74) is 3.65. The Kier molecular flexibility index (Phi) is 5.79. The van der Waals surface area contributed by atoms with E-state index >= 15 is 0 Å². The second kappa shape index (κ2) is 8.24. The van der Waals surface area contributed by atoms with Gasteiger partial charge in [-0.25, -0.2) is 4.98 Å². The number of methoxy groups -OCH3 is 3. The van der Waals surface area contributed by atoms with Gasteiger partial charge in [-0.1, -0.05) is 6.42 Å². The molecule has 0 spiro atoms. The van der Waals surface area contributed by atoms with Crippen LogP contribution in [0.2, 0.25) is 0 Å².